The number of hydrogen-bond acceptors (Lipinski definition) is 7. The summed E-state index contributed by atoms with van der Waals surface area (Å²) in [5, 5.41) is 7.75. The van der Waals surface area contributed by atoms with Gasteiger partial charge in [0.05, 0.1) is 17.9 Å². The third-order valence-electron chi connectivity index (χ3n) is 6.63. The summed E-state index contributed by atoms with van der Waals surface area (Å²) in [6, 6.07) is 2.02. The summed E-state index contributed by atoms with van der Waals surface area (Å²) in [5.74, 6) is 4.34. The number of rotatable bonds is 6. The molecule has 2 aliphatic rings. The van der Waals surface area contributed by atoms with E-state index in [2.05, 4.69) is 35.1 Å². The number of nitrogens with zero attached hydrogens (tertiary/aromatic N) is 6. The van der Waals surface area contributed by atoms with Gasteiger partial charge in [-0.2, -0.15) is 0 Å². The van der Waals surface area contributed by atoms with Crippen LogP contribution >= 0.6 is 24.0 Å². The first-order valence-electron chi connectivity index (χ1n) is 11.8. The molecule has 0 saturated carbocycles. The number of piperazine rings is 1. The second-order valence-electron chi connectivity index (χ2n) is 9.09. The van der Waals surface area contributed by atoms with E-state index in [9.17, 15) is 0 Å². The molecule has 0 bridgehead atoms. The zero-order valence-corrected chi connectivity index (χ0v) is 22.7. The molecule has 0 radical (unpaired) electrons. The van der Waals surface area contributed by atoms with E-state index in [1.165, 1.54) is 12.8 Å². The van der Waals surface area contributed by atoms with Crippen molar-refractivity contribution in [2.24, 2.45) is 10.9 Å². The van der Waals surface area contributed by atoms with Crippen molar-refractivity contribution in [1.82, 2.24) is 30.2 Å². The van der Waals surface area contributed by atoms with E-state index in [0.29, 0.717) is 5.92 Å². The number of piperidine rings is 1. The zero-order chi connectivity index (χ0) is 22.5. The maximum absolute atomic E-state index is 5.75. The minimum atomic E-state index is 0. The molecule has 33 heavy (non-hydrogen) atoms. The molecule has 0 atom stereocenters. The van der Waals surface area contributed by atoms with Gasteiger partial charge in [-0.3, -0.25) is 14.8 Å². The fourth-order valence-corrected chi connectivity index (χ4v) is 4.55. The summed E-state index contributed by atoms with van der Waals surface area (Å²) in [4.78, 5) is 16.3. The van der Waals surface area contributed by atoms with Gasteiger partial charge in [-0.1, -0.05) is 5.16 Å². The van der Waals surface area contributed by atoms with Crippen LogP contribution in [0, 0.1) is 26.7 Å². The van der Waals surface area contributed by atoms with E-state index < -0.39 is 0 Å². The molecule has 9 nitrogen and oxygen atoms in total. The molecule has 0 aromatic carbocycles. The van der Waals surface area contributed by atoms with Crippen molar-refractivity contribution in [3.05, 3.63) is 34.9 Å². The molecule has 2 aromatic heterocycles. The van der Waals surface area contributed by atoms with Gasteiger partial charge in [-0.25, -0.2) is 4.98 Å². The van der Waals surface area contributed by atoms with E-state index in [0.717, 1.165) is 93.7 Å². The molecule has 0 amide bonds. The predicted molar refractivity (Wildman–Crippen MR) is 139 cm³/mol. The lowest BCUT2D eigenvalue weighted by molar-refractivity contribution is 0.159. The Morgan fingerprint density at radius 1 is 1.06 bits per heavy atom. The summed E-state index contributed by atoms with van der Waals surface area (Å²) in [7, 11) is 1.88. The summed E-state index contributed by atoms with van der Waals surface area (Å²) in [6.45, 7) is 14.7. The van der Waals surface area contributed by atoms with Crippen LogP contribution in [0.2, 0.25) is 0 Å². The number of oxazole rings is 1. The van der Waals surface area contributed by atoms with E-state index in [-0.39, 0.29) is 24.0 Å². The highest BCUT2D eigenvalue weighted by atomic mass is 127. The number of guanidine groups is 1. The van der Waals surface area contributed by atoms with E-state index in [1.54, 1.807) is 0 Å². The van der Waals surface area contributed by atoms with Crippen molar-refractivity contribution in [2.45, 2.75) is 46.7 Å². The van der Waals surface area contributed by atoms with E-state index in [1.807, 2.05) is 33.9 Å². The number of hydrogen-bond donors (Lipinski definition) is 1. The number of aromatic nitrogens is 2. The van der Waals surface area contributed by atoms with Crippen molar-refractivity contribution in [3.63, 3.8) is 0 Å². The fraction of sp³-hybridized carbons (Fsp3) is 0.696. The molecule has 2 aromatic rings. The number of nitrogens with one attached hydrogen (secondary N) is 1. The second kappa shape index (κ2) is 12.2. The molecule has 0 aliphatic carbocycles. The minimum absolute atomic E-state index is 0. The van der Waals surface area contributed by atoms with Gasteiger partial charge in [-0.15, -0.1) is 24.0 Å². The smallest absolute Gasteiger partial charge is 0.208 e. The second-order valence-corrected chi connectivity index (χ2v) is 9.09. The van der Waals surface area contributed by atoms with Crippen molar-refractivity contribution in [1.29, 1.82) is 0 Å². The van der Waals surface area contributed by atoms with Crippen LogP contribution in [-0.4, -0.2) is 83.7 Å². The SMILES string of the molecule is CN=C(NCC1CCN(Cc2nc(C)c(C)o2)CC1)N1CCN(Cc2cc(C)on2)CC1.I. The summed E-state index contributed by atoms with van der Waals surface area (Å²) >= 11 is 0. The number of aryl methyl sites for hydroxylation is 3. The molecule has 4 rings (SSSR count). The van der Waals surface area contributed by atoms with Gasteiger partial charge < -0.3 is 19.2 Å². The quantitative estimate of drug-likeness (QED) is 0.322. The van der Waals surface area contributed by atoms with E-state index >= 15 is 0 Å². The topological polar surface area (TPSA) is 86.2 Å². The number of halogens is 1. The van der Waals surface area contributed by atoms with Crippen LogP contribution in [0.15, 0.2) is 20.0 Å². The third kappa shape index (κ3) is 7.16. The zero-order valence-electron chi connectivity index (χ0n) is 20.3. The van der Waals surface area contributed by atoms with Crippen LogP contribution in [-0.2, 0) is 13.1 Å². The highest BCUT2D eigenvalue weighted by molar-refractivity contribution is 14.0. The summed E-state index contributed by atoms with van der Waals surface area (Å²) in [6.07, 6.45) is 2.38. The summed E-state index contributed by atoms with van der Waals surface area (Å²) in [5.41, 5.74) is 2.01. The van der Waals surface area contributed by atoms with Crippen LogP contribution in [0.25, 0.3) is 0 Å². The molecule has 184 valence electrons. The highest BCUT2D eigenvalue weighted by Gasteiger charge is 2.24. The van der Waals surface area contributed by atoms with Crippen molar-refractivity contribution in [2.75, 3.05) is 52.9 Å². The first-order chi connectivity index (χ1) is 15.5. The monoisotopic (exact) mass is 571 g/mol. The molecule has 0 spiro atoms. The number of aliphatic imine (C=N–C) groups is 1. The van der Waals surface area contributed by atoms with Crippen molar-refractivity contribution < 1.29 is 8.94 Å². The lowest BCUT2D eigenvalue weighted by atomic mass is 9.97. The Hall–Kier alpha value is -1.66. The molecule has 1 N–H and O–H groups in total. The Bertz CT molecular complexity index is 877. The third-order valence-corrected chi connectivity index (χ3v) is 6.63. The average Bonchev–Trinajstić information content (AvgIpc) is 3.34. The van der Waals surface area contributed by atoms with Gasteiger partial charge in [0, 0.05) is 52.4 Å². The van der Waals surface area contributed by atoms with Crippen LogP contribution in [0.4, 0.5) is 0 Å². The molecule has 2 fully saturated rings. The van der Waals surface area contributed by atoms with Crippen LogP contribution in [0.1, 0.15) is 41.6 Å². The molecule has 2 saturated heterocycles. The van der Waals surface area contributed by atoms with Crippen molar-refractivity contribution in [3.8, 4) is 0 Å². The van der Waals surface area contributed by atoms with Crippen LogP contribution in [0.5, 0.6) is 0 Å². The van der Waals surface area contributed by atoms with Crippen LogP contribution < -0.4 is 5.32 Å². The molecule has 0 unspecified atom stereocenters. The molecular formula is C23H38IN7O2. The fourth-order valence-electron chi connectivity index (χ4n) is 4.55. The largest absolute Gasteiger partial charge is 0.444 e. The molecule has 2 aliphatic heterocycles. The molecule has 10 heteroatoms. The Balaban J connectivity index is 0.00000306. The highest BCUT2D eigenvalue weighted by Crippen LogP contribution is 2.19. The Kier molecular flexibility index (Phi) is 9.57. The first-order valence-corrected chi connectivity index (χ1v) is 11.8. The van der Waals surface area contributed by atoms with Gasteiger partial charge in [0.1, 0.15) is 11.5 Å². The van der Waals surface area contributed by atoms with E-state index in [4.69, 9.17) is 8.94 Å². The Morgan fingerprint density at radius 2 is 1.76 bits per heavy atom. The van der Waals surface area contributed by atoms with Gasteiger partial charge >= 0.3 is 0 Å². The van der Waals surface area contributed by atoms with Crippen LogP contribution in [0.3, 0.4) is 0 Å². The minimum Gasteiger partial charge on any atom is -0.444 e. The molecule has 4 heterocycles. The Labute approximate surface area is 214 Å². The van der Waals surface area contributed by atoms with Crippen molar-refractivity contribution >= 4 is 29.9 Å². The predicted octanol–water partition coefficient (Wildman–Crippen LogP) is 2.81. The van der Waals surface area contributed by atoms with Gasteiger partial charge in [0.25, 0.3) is 0 Å². The normalized spacial score (nSPS) is 19.0. The molecular weight excluding hydrogens is 533 g/mol. The lowest BCUT2D eigenvalue weighted by Crippen LogP contribution is -2.53. The lowest BCUT2D eigenvalue weighted by Gasteiger charge is -2.37. The number of likely N-dealkylation sites (tertiary alicyclic amines) is 1. The van der Waals surface area contributed by atoms with Gasteiger partial charge in [-0.05, 0) is 52.6 Å². The first kappa shape index (κ1) is 26.0. The summed E-state index contributed by atoms with van der Waals surface area (Å²) < 4.78 is 10.9. The maximum Gasteiger partial charge on any atom is 0.208 e. The standard InChI is InChI=1S/C23H37N7O2.HI/c1-17-13-21(27-32-17)15-29-9-11-30(12-10-29)23(24-4)25-14-20-5-7-28(8-6-20)16-22-26-18(2)19(3)31-22;/h13,20H,5-12,14-16H2,1-4H3,(H,24,25);1H. The van der Waals surface area contributed by atoms with Gasteiger partial charge in [0.15, 0.2) is 5.96 Å². The average molecular weight is 572 g/mol. The Morgan fingerprint density at radius 3 is 2.33 bits per heavy atom. The van der Waals surface area contributed by atoms with Gasteiger partial charge in [0.2, 0.25) is 5.89 Å². The maximum atomic E-state index is 5.75.